The second-order valence-electron chi connectivity index (χ2n) is 5.96. The Balaban J connectivity index is 3.00. The molecule has 1 aromatic rings. The Morgan fingerprint density at radius 1 is 1.35 bits per heavy atom. The Kier molecular flexibility index (Phi) is 3.62. The Hall–Kier alpha value is -1.36. The number of hydrogen-bond acceptors (Lipinski definition) is 4. The summed E-state index contributed by atoms with van der Waals surface area (Å²) in [6.45, 7) is 10.2. The van der Waals surface area contributed by atoms with Crippen LogP contribution in [0.2, 0.25) is 0 Å². The van der Waals surface area contributed by atoms with Crippen LogP contribution in [0.25, 0.3) is 0 Å². The van der Waals surface area contributed by atoms with Gasteiger partial charge in [0.1, 0.15) is 0 Å². The predicted molar refractivity (Wildman–Crippen MR) is 70.2 cm³/mol. The molecular weight excluding hydrogens is 216 g/mol. The molecular formula is C12H22N4O. The average molecular weight is 238 g/mol. The van der Waals surface area contributed by atoms with Gasteiger partial charge in [-0.2, -0.15) is 0 Å². The van der Waals surface area contributed by atoms with Crippen LogP contribution >= 0.6 is 0 Å². The van der Waals surface area contributed by atoms with Crippen molar-refractivity contribution in [1.82, 2.24) is 9.55 Å². The summed E-state index contributed by atoms with van der Waals surface area (Å²) in [4.78, 5) is 16.2. The minimum Gasteiger partial charge on any atom is -0.364 e. The Labute approximate surface area is 102 Å². The quantitative estimate of drug-likeness (QED) is 0.828. The fourth-order valence-electron chi connectivity index (χ4n) is 1.37. The predicted octanol–water partition coefficient (Wildman–Crippen LogP) is 1.15. The summed E-state index contributed by atoms with van der Waals surface area (Å²) in [5, 5.41) is 3.00. The van der Waals surface area contributed by atoms with Gasteiger partial charge < -0.3 is 15.6 Å². The van der Waals surface area contributed by atoms with Gasteiger partial charge in [-0.15, -0.1) is 0 Å². The maximum Gasteiger partial charge on any atom is 0.293 e. The summed E-state index contributed by atoms with van der Waals surface area (Å²) in [5.74, 6) is 0.348. The fourth-order valence-corrected chi connectivity index (χ4v) is 1.37. The molecule has 0 fully saturated rings. The number of rotatable bonds is 3. The van der Waals surface area contributed by atoms with Crippen molar-refractivity contribution in [3.05, 3.63) is 22.7 Å². The molecule has 1 rings (SSSR count). The summed E-state index contributed by atoms with van der Waals surface area (Å²) in [6.07, 6.45) is 3.32. The molecule has 0 aliphatic rings. The van der Waals surface area contributed by atoms with Gasteiger partial charge >= 0.3 is 0 Å². The first-order valence-electron chi connectivity index (χ1n) is 5.72. The smallest absolute Gasteiger partial charge is 0.293 e. The van der Waals surface area contributed by atoms with E-state index in [1.807, 2.05) is 34.6 Å². The largest absolute Gasteiger partial charge is 0.364 e. The van der Waals surface area contributed by atoms with E-state index in [1.165, 1.54) is 0 Å². The van der Waals surface area contributed by atoms with Crippen LogP contribution in [0.3, 0.4) is 0 Å². The van der Waals surface area contributed by atoms with E-state index in [2.05, 4.69) is 10.3 Å². The highest BCUT2D eigenvalue weighted by atomic mass is 16.1. The molecule has 0 spiro atoms. The van der Waals surface area contributed by atoms with Gasteiger partial charge in [-0.3, -0.25) is 4.79 Å². The van der Waals surface area contributed by atoms with Crippen LogP contribution in [0.15, 0.2) is 17.2 Å². The van der Waals surface area contributed by atoms with Crippen LogP contribution in [-0.2, 0) is 5.54 Å². The van der Waals surface area contributed by atoms with Crippen LogP contribution < -0.4 is 16.6 Å². The Bertz CT molecular complexity index is 437. The maximum absolute atomic E-state index is 12.1. The van der Waals surface area contributed by atoms with E-state index < -0.39 is 0 Å². The number of nitrogens with two attached hydrogens (primary N) is 1. The van der Waals surface area contributed by atoms with Crippen molar-refractivity contribution in [2.75, 3.05) is 11.9 Å². The molecule has 0 unspecified atom stereocenters. The molecule has 0 bridgehead atoms. The highest BCUT2D eigenvalue weighted by molar-refractivity contribution is 5.31. The lowest BCUT2D eigenvalue weighted by molar-refractivity contribution is 0.383. The Morgan fingerprint density at radius 3 is 2.41 bits per heavy atom. The molecule has 0 radical (unpaired) electrons. The van der Waals surface area contributed by atoms with Gasteiger partial charge in [0.25, 0.3) is 5.56 Å². The van der Waals surface area contributed by atoms with E-state index in [0.29, 0.717) is 12.4 Å². The molecule has 0 amide bonds. The van der Waals surface area contributed by atoms with Gasteiger partial charge in [0, 0.05) is 30.0 Å². The molecule has 5 nitrogen and oxygen atoms in total. The van der Waals surface area contributed by atoms with E-state index in [4.69, 9.17) is 5.73 Å². The monoisotopic (exact) mass is 238 g/mol. The van der Waals surface area contributed by atoms with Gasteiger partial charge in [0.2, 0.25) is 0 Å². The topological polar surface area (TPSA) is 72.9 Å². The van der Waals surface area contributed by atoms with Gasteiger partial charge in [0.15, 0.2) is 5.82 Å². The van der Waals surface area contributed by atoms with Crippen molar-refractivity contribution in [2.45, 2.75) is 45.7 Å². The van der Waals surface area contributed by atoms with E-state index in [-0.39, 0.29) is 16.6 Å². The summed E-state index contributed by atoms with van der Waals surface area (Å²) in [7, 11) is 0. The normalized spacial score (nSPS) is 12.6. The van der Waals surface area contributed by atoms with Crippen LogP contribution in [0.5, 0.6) is 0 Å². The average Bonchev–Trinajstić information content (AvgIpc) is 2.13. The van der Waals surface area contributed by atoms with Crippen LogP contribution in [0, 0.1) is 0 Å². The molecule has 17 heavy (non-hydrogen) atoms. The van der Waals surface area contributed by atoms with Crippen molar-refractivity contribution >= 4 is 5.82 Å². The minimum atomic E-state index is -0.378. The number of aromatic nitrogens is 2. The molecule has 3 N–H and O–H groups in total. The van der Waals surface area contributed by atoms with E-state index >= 15 is 0 Å². The van der Waals surface area contributed by atoms with Crippen molar-refractivity contribution in [1.29, 1.82) is 0 Å². The van der Waals surface area contributed by atoms with Gasteiger partial charge in [-0.25, -0.2) is 4.98 Å². The molecule has 0 atom stereocenters. The SMILES string of the molecule is CC(C)(N)CNc1nccn(C(C)(C)C)c1=O. The highest BCUT2D eigenvalue weighted by Gasteiger charge is 2.17. The third kappa shape index (κ3) is 3.85. The summed E-state index contributed by atoms with van der Waals surface area (Å²) in [5.41, 5.74) is 5.10. The summed E-state index contributed by atoms with van der Waals surface area (Å²) in [6, 6.07) is 0. The fraction of sp³-hybridized carbons (Fsp3) is 0.667. The van der Waals surface area contributed by atoms with Crippen molar-refractivity contribution in [2.24, 2.45) is 5.73 Å². The molecule has 1 aromatic heterocycles. The van der Waals surface area contributed by atoms with Crippen molar-refractivity contribution < 1.29 is 0 Å². The molecule has 5 heteroatoms. The van der Waals surface area contributed by atoms with E-state index in [0.717, 1.165) is 0 Å². The Morgan fingerprint density at radius 2 is 1.94 bits per heavy atom. The molecule has 0 aliphatic carbocycles. The first-order chi connectivity index (χ1) is 7.61. The molecule has 0 aliphatic heterocycles. The molecule has 96 valence electrons. The van der Waals surface area contributed by atoms with Gasteiger partial charge in [-0.1, -0.05) is 0 Å². The first-order valence-corrected chi connectivity index (χ1v) is 5.72. The number of nitrogens with one attached hydrogen (secondary N) is 1. The number of anilines is 1. The zero-order chi connectivity index (χ0) is 13.3. The summed E-state index contributed by atoms with van der Waals surface area (Å²) < 4.78 is 1.66. The zero-order valence-corrected chi connectivity index (χ0v) is 11.2. The second-order valence-corrected chi connectivity index (χ2v) is 5.96. The lowest BCUT2D eigenvalue weighted by Crippen LogP contribution is -2.42. The maximum atomic E-state index is 12.1. The van der Waals surface area contributed by atoms with Gasteiger partial charge in [0.05, 0.1) is 0 Å². The van der Waals surface area contributed by atoms with Gasteiger partial charge in [-0.05, 0) is 34.6 Å². The third-order valence-corrected chi connectivity index (χ3v) is 2.27. The lowest BCUT2D eigenvalue weighted by atomic mass is 10.1. The molecule has 0 aromatic carbocycles. The summed E-state index contributed by atoms with van der Waals surface area (Å²) >= 11 is 0. The van der Waals surface area contributed by atoms with Crippen LogP contribution in [0.4, 0.5) is 5.82 Å². The van der Waals surface area contributed by atoms with Crippen LogP contribution in [0.1, 0.15) is 34.6 Å². The number of hydrogen-bond donors (Lipinski definition) is 2. The van der Waals surface area contributed by atoms with Crippen molar-refractivity contribution in [3.63, 3.8) is 0 Å². The zero-order valence-electron chi connectivity index (χ0n) is 11.2. The van der Waals surface area contributed by atoms with E-state index in [9.17, 15) is 4.79 Å². The molecule has 0 saturated heterocycles. The minimum absolute atomic E-state index is 0.121. The van der Waals surface area contributed by atoms with Crippen molar-refractivity contribution in [3.8, 4) is 0 Å². The lowest BCUT2D eigenvalue weighted by Gasteiger charge is -2.23. The number of nitrogens with zero attached hydrogens (tertiary/aromatic N) is 2. The van der Waals surface area contributed by atoms with E-state index in [1.54, 1.807) is 17.0 Å². The first kappa shape index (κ1) is 13.7. The standard InChI is InChI=1S/C12H22N4O/c1-11(2,3)16-7-6-14-9(10(16)17)15-8-12(4,5)13/h6-7H,8,13H2,1-5H3,(H,14,15). The third-order valence-electron chi connectivity index (χ3n) is 2.27. The second kappa shape index (κ2) is 4.49. The highest BCUT2D eigenvalue weighted by Crippen LogP contribution is 2.10. The molecule has 0 saturated carbocycles. The molecule has 1 heterocycles. The van der Waals surface area contributed by atoms with Crippen LogP contribution in [-0.4, -0.2) is 21.6 Å².